The average Bonchev–Trinajstić information content (AvgIpc) is 2.48. The third-order valence-electron chi connectivity index (χ3n) is 4.73. The number of rotatable bonds is 6. The lowest BCUT2D eigenvalue weighted by Crippen LogP contribution is -2.42. The van der Waals surface area contributed by atoms with Gasteiger partial charge in [-0.15, -0.1) is 0 Å². The van der Waals surface area contributed by atoms with E-state index in [0.717, 1.165) is 18.9 Å². The molecular weight excluding hydrogens is 260 g/mol. The standard InChI is InChI=1S/C18H30N2O/c1-14(2)20-9-7-16(8-10-20)17(12-19)13-21-18-6-4-5-15(3)11-18/h4-6,11,14,16-17H,7-10,12-13,19H2,1-3H3. The first-order valence-electron chi connectivity index (χ1n) is 8.23. The molecule has 0 amide bonds. The number of aryl methyl sites for hydroxylation is 1. The van der Waals surface area contributed by atoms with Crippen molar-refractivity contribution >= 4 is 0 Å². The molecule has 0 saturated carbocycles. The quantitative estimate of drug-likeness (QED) is 0.875. The number of ether oxygens (including phenoxy) is 1. The molecule has 3 heteroatoms. The van der Waals surface area contributed by atoms with E-state index >= 15 is 0 Å². The molecule has 2 N–H and O–H groups in total. The Kier molecular flexibility index (Phi) is 6.07. The highest BCUT2D eigenvalue weighted by molar-refractivity contribution is 5.27. The van der Waals surface area contributed by atoms with Crippen molar-refractivity contribution in [2.45, 2.75) is 39.7 Å². The highest BCUT2D eigenvalue weighted by Crippen LogP contribution is 2.26. The SMILES string of the molecule is Cc1cccc(OCC(CN)C2CCN(C(C)C)CC2)c1. The second-order valence-corrected chi connectivity index (χ2v) is 6.59. The van der Waals surface area contributed by atoms with Crippen LogP contribution in [-0.4, -0.2) is 37.2 Å². The van der Waals surface area contributed by atoms with Crippen LogP contribution in [-0.2, 0) is 0 Å². The molecule has 0 radical (unpaired) electrons. The minimum Gasteiger partial charge on any atom is -0.493 e. The second kappa shape index (κ2) is 7.81. The number of likely N-dealkylation sites (tertiary alicyclic amines) is 1. The molecule has 0 bridgehead atoms. The lowest BCUT2D eigenvalue weighted by atomic mass is 9.84. The van der Waals surface area contributed by atoms with Gasteiger partial charge in [0, 0.05) is 12.0 Å². The van der Waals surface area contributed by atoms with E-state index in [1.807, 2.05) is 12.1 Å². The van der Waals surface area contributed by atoms with Crippen LogP contribution < -0.4 is 10.5 Å². The molecule has 1 heterocycles. The van der Waals surface area contributed by atoms with Crippen LogP contribution in [0.3, 0.4) is 0 Å². The highest BCUT2D eigenvalue weighted by atomic mass is 16.5. The maximum atomic E-state index is 6.00. The van der Waals surface area contributed by atoms with Gasteiger partial charge in [-0.3, -0.25) is 0 Å². The minimum absolute atomic E-state index is 0.472. The van der Waals surface area contributed by atoms with E-state index in [-0.39, 0.29) is 0 Å². The molecule has 0 spiro atoms. The summed E-state index contributed by atoms with van der Waals surface area (Å²) < 4.78 is 5.97. The van der Waals surface area contributed by atoms with Gasteiger partial charge in [-0.1, -0.05) is 12.1 Å². The Bertz CT molecular complexity index is 425. The maximum absolute atomic E-state index is 6.00. The van der Waals surface area contributed by atoms with Crippen LogP contribution in [0.15, 0.2) is 24.3 Å². The molecule has 21 heavy (non-hydrogen) atoms. The van der Waals surface area contributed by atoms with Crippen molar-refractivity contribution in [2.75, 3.05) is 26.2 Å². The van der Waals surface area contributed by atoms with Crippen molar-refractivity contribution in [3.05, 3.63) is 29.8 Å². The monoisotopic (exact) mass is 290 g/mol. The largest absolute Gasteiger partial charge is 0.493 e. The Morgan fingerprint density at radius 2 is 2.00 bits per heavy atom. The molecule has 0 aromatic heterocycles. The van der Waals surface area contributed by atoms with Crippen LogP contribution in [0, 0.1) is 18.8 Å². The molecule has 1 aliphatic heterocycles. The molecular formula is C18H30N2O. The Hall–Kier alpha value is -1.06. The summed E-state index contributed by atoms with van der Waals surface area (Å²) in [5, 5.41) is 0. The van der Waals surface area contributed by atoms with Gasteiger partial charge in [-0.2, -0.15) is 0 Å². The van der Waals surface area contributed by atoms with Crippen molar-refractivity contribution in [2.24, 2.45) is 17.6 Å². The predicted octanol–water partition coefficient (Wildman–Crippen LogP) is 3.07. The number of nitrogens with zero attached hydrogens (tertiary/aromatic N) is 1. The summed E-state index contributed by atoms with van der Waals surface area (Å²) in [6.07, 6.45) is 2.49. The summed E-state index contributed by atoms with van der Waals surface area (Å²) >= 11 is 0. The molecule has 1 aromatic rings. The van der Waals surface area contributed by atoms with Crippen LogP contribution in [0.1, 0.15) is 32.3 Å². The Balaban J connectivity index is 1.83. The van der Waals surface area contributed by atoms with Gasteiger partial charge in [0.1, 0.15) is 5.75 Å². The zero-order chi connectivity index (χ0) is 15.2. The first-order valence-corrected chi connectivity index (χ1v) is 8.23. The number of hydrogen-bond donors (Lipinski definition) is 1. The third kappa shape index (κ3) is 4.72. The minimum atomic E-state index is 0.472. The molecule has 1 aliphatic rings. The van der Waals surface area contributed by atoms with Gasteiger partial charge < -0.3 is 15.4 Å². The Morgan fingerprint density at radius 1 is 1.29 bits per heavy atom. The van der Waals surface area contributed by atoms with Crippen molar-refractivity contribution < 1.29 is 4.74 Å². The highest BCUT2D eigenvalue weighted by Gasteiger charge is 2.27. The van der Waals surface area contributed by atoms with Gasteiger partial charge in [0.25, 0.3) is 0 Å². The van der Waals surface area contributed by atoms with E-state index in [9.17, 15) is 0 Å². The number of benzene rings is 1. The molecule has 1 saturated heterocycles. The van der Waals surface area contributed by atoms with E-state index in [1.54, 1.807) is 0 Å². The van der Waals surface area contributed by atoms with Gasteiger partial charge >= 0.3 is 0 Å². The summed E-state index contributed by atoms with van der Waals surface area (Å²) in [5.41, 5.74) is 7.24. The smallest absolute Gasteiger partial charge is 0.119 e. The number of piperidine rings is 1. The van der Waals surface area contributed by atoms with Crippen LogP contribution in [0.2, 0.25) is 0 Å². The van der Waals surface area contributed by atoms with E-state index in [2.05, 4.69) is 37.8 Å². The van der Waals surface area contributed by atoms with Crippen LogP contribution >= 0.6 is 0 Å². The molecule has 0 aliphatic carbocycles. The van der Waals surface area contributed by atoms with E-state index in [4.69, 9.17) is 10.5 Å². The molecule has 3 nitrogen and oxygen atoms in total. The molecule has 2 rings (SSSR count). The molecule has 1 unspecified atom stereocenters. The zero-order valence-corrected chi connectivity index (χ0v) is 13.7. The van der Waals surface area contributed by atoms with Crippen LogP contribution in [0.25, 0.3) is 0 Å². The van der Waals surface area contributed by atoms with E-state index in [1.165, 1.54) is 31.5 Å². The lowest BCUT2D eigenvalue weighted by Gasteiger charge is -2.37. The normalized spacial score (nSPS) is 18.9. The van der Waals surface area contributed by atoms with Crippen molar-refractivity contribution in [1.82, 2.24) is 4.90 Å². The zero-order valence-electron chi connectivity index (χ0n) is 13.7. The topological polar surface area (TPSA) is 38.5 Å². The third-order valence-corrected chi connectivity index (χ3v) is 4.73. The molecule has 1 fully saturated rings. The summed E-state index contributed by atoms with van der Waals surface area (Å²) in [6, 6.07) is 8.92. The predicted molar refractivity (Wildman–Crippen MR) is 88.7 cm³/mol. The lowest BCUT2D eigenvalue weighted by molar-refractivity contribution is 0.101. The number of nitrogens with two attached hydrogens (primary N) is 1. The van der Waals surface area contributed by atoms with Crippen molar-refractivity contribution in [3.8, 4) is 5.75 Å². The van der Waals surface area contributed by atoms with Crippen molar-refractivity contribution in [1.29, 1.82) is 0 Å². The molecule has 1 aromatic carbocycles. The van der Waals surface area contributed by atoms with Gasteiger partial charge in [0.2, 0.25) is 0 Å². The molecule has 118 valence electrons. The molecule has 1 atom stereocenters. The van der Waals surface area contributed by atoms with Gasteiger partial charge in [0.05, 0.1) is 6.61 Å². The summed E-state index contributed by atoms with van der Waals surface area (Å²) in [6.45, 7) is 10.5. The van der Waals surface area contributed by atoms with Crippen molar-refractivity contribution in [3.63, 3.8) is 0 Å². The van der Waals surface area contributed by atoms with E-state index in [0.29, 0.717) is 17.9 Å². The van der Waals surface area contributed by atoms with Crippen LogP contribution in [0.4, 0.5) is 0 Å². The fourth-order valence-corrected chi connectivity index (χ4v) is 3.21. The average molecular weight is 290 g/mol. The van der Waals surface area contributed by atoms with Gasteiger partial charge in [-0.05, 0) is 76.9 Å². The Labute approximate surface area is 129 Å². The fourth-order valence-electron chi connectivity index (χ4n) is 3.21. The van der Waals surface area contributed by atoms with Gasteiger partial charge in [-0.25, -0.2) is 0 Å². The second-order valence-electron chi connectivity index (χ2n) is 6.59. The summed E-state index contributed by atoms with van der Waals surface area (Å²) in [5.74, 6) is 2.14. The summed E-state index contributed by atoms with van der Waals surface area (Å²) in [4.78, 5) is 2.56. The van der Waals surface area contributed by atoms with Crippen LogP contribution in [0.5, 0.6) is 5.75 Å². The Morgan fingerprint density at radius 3 is 2.57 bits per heavy atom. The first kappa shape index (κ1) is 16.3. The van der Waals surface area contributed by atoms with E-state index < -0.39 is 0 Å². The summed E-state index contributed by atoms with van der Waals surface area (Å²) in [7, 11) is 0. The number of hydrogen-bond acceptors (Lipinski definition) is 3. The fraction of sp³-hybridized carbons (Fsp3) is 0.667. The first-order chi connectivity index (χ1) is 10.1. The van der Waals surface area contributed by atoms with Gasteiger partial charge in [0.15, 0.2) is 0 Å². The maximum Gasteiger partial charge on any atom is 0.119 e.